The molecule has 0 radical (unpaired) electrons. The van der Waals surface area contributed by atoms with E-state index in [-0.39, 0.29) is 17.5 Å². The van der Waals surface area contributed by atoms with Crippen molar-refractivity contribution < 1.29 is 52.1 Å². The third kappa shape index (κ3) is 4.12. The molecular formula is C26H29F3N4O8. The number of carbonyl (C=O) groups excluding carboxylic acids is 5. The number of aliphatic hydroxyl groups is 1. The van der Waals surface area contributed by atoms with E-state index in [0.29, 0.717) is 19.4 Å². The van der Waals surface area contributed by atoms with Crippen LogP contribution in [0.4, 0.5) is 18.9 Å². The molecule has 7 atom stereocenters. The molecule has 1 aromatic carbocycles. The molecule has 2 saturated carbocycles. The quantitative estimate of drug-likeness (QED) is 0.178. The summed E-state index contributed by atoms with van der Waals surface area (Å²) in [5.74, 6) is -14.3. The number of rotatable bonds is 4. The van der Waals surface area contributed by atoms with E-state index in [9.17, 15) is 47.4 Å². The van der Waals surface area contributed by atoms with Crippen LogP contribution in [0.25, 0.3) is 0 Å². The Hall–Kier alpha value is -3.56. The number of benzene rings is 1. The zero-order valence-corrected chi connectivity index (χ0v) is 22.1. The normalized spacial score (nSPS) is 33.4. The van der Waals surface area contributed by atoms with Gasteiger partial charge in [-0.15, -0.1) is 13.2 Å². The molecule has 1 heterocycles. The van der Waals surface area contributed by atoms with Crippen molar-refractivity contribution >= 4 is 34.7 Å². The van der Waals surface area contributed by atoms with E-state index in [2.05, 4.69) is 10.1 Å². The molecule has 5 rings (SSSR count). The van der Waals surface area contributed by atoms with Gasteiger partial charge in [-0.05, 0) is 52.2 Å². The highest BCUT2D eigenvalue weighted by molar-refractivity contribution is 6.32. The maximum absolute atomic E-state index is 13.9. The Kier molecular flexibility index (Phi) is 6.70. The number of alkyl halides is 3. The predicted molar refractivity (Wildman–Crippen MR) is 132 cm³/mol. The smallest absolute Gasteiger partial charge is 0.505 e. The molecular weight excluding hydrogens is 553 g/mol. The van der Waals surface area contributed by atoms with Gasteiger partial charge in [0, 0.05) is 23.1 Å². The summed E-state index contributed by atoms with van der Waals surface area (Å²) in [6, 6.07) is -2.06. The second-order valence-electron chi connectivity index (χ2n) is 11.3. The van der Waals surface area contributed by atoms with Crippen molar-refractivity contribution in [2.75, 3.05) is 26.4 Å². The summed E-state index contributed by atoms with van der Waals surface area (Å²) in [7, 11) is 2.84. The number of nitrogen functional groups attached to an aromatic ring is 1. The number of amides is 1. The molecule has 3 fully saturated rings. The summed E-state index contributed by atoms with van der Waals surface area (Å²) in [6.07, 6.45) is -4.94. The second-order valence-corrected chi connectivity index (χ2v) is 11.3. The molecule has 222 valence electrons. The van der Waals surface area contributed by atoms with Crippen molar-refractivity contribution in [1.82, 2.24) is 10.2 Å². The molecule has 4 aliphatic rings. The van der Waals surface area contributed by atoms with E-state index >= 15 is 0 Å². The number of anilines is 1. The largest absolute Gasteiger partial charge is 0.573 e. The zero-order chi connectivity index (χ0) is 30.3. The number of phenols is 1. The standard InChI is InChI=1S/C26H29F3N4O8/c1-33(2)17-10-7-8-6-9-13(18(34)12(8)22(37)25(10,40)23(38)15(20(17)36)24(31)39)19(35)16(30)14(11-4-3-5-32-11)21(9)41-26(27,28)29/h8,10-12,15,17,32,35,40H,3-7,30H2,1-2H3,(H2,31,39). The van der Waals surface area contributed by atoms with Gasteiger partial charge >= 0.3 is 6.36 Å². The zero-order valence-electron chi connectivity index (χ0n) is 22.1. The van der Waals surface area contributed by atoms with Gasteiger partial charge in [0.2, 0.25) is 5.91 Å². The molecule has 41 heavy (non-hydrogen) atoms. The molecule has 1 aromatic rings. The SMILES string of the molecule is CN(C)C1C(=O)C(C(N)=O)C(=O)C2(O)C(=O)C3C(=O)c4c(O)c(N)c(C5CCCN5)c(OC(F)(F)F)c4CC3CC12. The van der Waals surface area contributed by atoms with Gasteiger partial charge < -0.3 is 31.7 Å². The van der Waals surface area contributed by atoms with Crippen LogP contribution in [0.5, 0.6) is 11.5 Å². The van der Waals surface area contributed by atoms with Crippen molar-refractivity contribution in [1.29, 1.82) is 0 Å². The average Bonchev–Trinajstić information content (AvgIpc) is 3.38. The first-order valence-corrected chi connectivity index (χ1v) is 13.0. The number of Topliss-reactive ketones (excluding diaryl/α,β-unsaturated/α-hetero) is 4. The number of nitrogens with two attached hydrogens (primary N) is 2. The molecule has 1 amide bonds. The number of fused-ring (bicyclic) bond motifs is 3. The molecule has 1 saturated heterocycles. The highest BCUT2D eigenvalue weighted by atomic mass is 19.4. The maximum atomic E-state index is 13.9. The highest BCUT2D eigenvalue weighted by Crippen LogP contribution is 2.55. The minimum atomic E-state index is -5.20. The lowest BCUT2D eigenvalue weighted by Gasteiger charge is -2.52. The molecule has 3 aliphatic carbocycles. The van der Waals surface area contributed by atoms with E-state index in [4.69, 9.17) is 11.5 Å². The number of ketones is 4. The van der Waals surface area contributed by atoms with Crippen LogP contribution in [-0.2, 0) is 25.6 Å². The molecule has 7 N–H and O–H groups in total. The number of hydrogen-bond donors (Lipinski definition) is 5. The third-order valence-electron chi connectivity index (χ3n) is 8.88. The van der Waals surface area contributed by atoms with Crippen molar-refractivity contribution in [2.45, 2.75) is 49.7 Å². The van der Waals surface area contributed by atoms with Crippen LogP contribution >= 0.6 is 0 Å². The van der Waals surface area contributed by atoms with Gasteiger partial charge in [-0.2, -0.15) is 0 Å². The van der Waals surface area contributed by atoms with Crippen LogP contribution in [-0.4, -0.2) is 82.8 Å². The van der Waals surface area contributed by atoms with Crippen molar-refractivity contribution in [3.05, 3.63) is 16.7 Å². The van der Waals surface area contributed by atoms with Crippen molar-refractivity contribution in [2.24, 2.45) is 29.4 Å². The molecule has 0 spiro atoms. The number of phenolic OH excluding ortho intramolecular Hbond substituents is 1. The summed E-state index contributed by atoms with van der Waals surface area (Å²) < 4.78 is 45.4. The van der Waals surface area contributed by atoms with E-state index in [1.165, 1.54) is 19.0 Å². The Morgan fingerprint density at radius 2 is 1.83 bits per heavy atom. The third-order valence-corrected chi connectivity index (χ3v) is 8.88. The van der Waals surface area contributed by atoms with Crippen LogP contribution in [0.3, 0.4) is 0 Å². The van der Waals surface area contributed by atoms with Gasteiger partial charge in [0.05, 0.1) is 23.2 Å². The number of primary amides is 1. The minimum absolute atomic E-state index is 0.167. The first-order chi connectivity index (χ1) is 19.0. The monoisotopic (exact) mass is 582 g/mol. The summed E-state index contributed by atoms with van der Waals surface area (Å²) in [5.41, 5.74) is 6.71. The van der Waals surface area contributed by atoms with Gasteiger partial charge in [-0.25, -0.2) is 0 Å². The van der Waals surface area contributed by atoms with E-state index in [1.807, 2.05) is 0 Å². The molecule has 0 bridgehead atoms. The summed E-state index contributed by atoms with van der Waals surface area (Å²) in [5, 5.41) is 25.6. The molecule has 12 nitrogen and oxygen atoms in total. The summed E-state index contributed by atoms with van der Waals surface area (Å²) in [4.78, 5) is 67.6. The van der Waals surface area contributed by atoms with Crippen molar-refractivity contribution in [3.8, 4) is 11.5 Å². The number of likely N-dealkylation sites (N-methyl/N-ethyl adjacent to an activating group) is 1. The summed E-state index contributed by atoms with van der Waals surface area (Å²) in [6.45, 7) is 0.464. The lowest BCUT2D eigenvalue weighted by molar-refractivity contribution is -0.275. The van der Waals surface area contributed by atoms with Gasteiger partial charge in [-0.3, -0.25) is 28.9 Å². The lowest BCUT2D eigenvalue weighted by atomic mass is 9.52. The Balaban J connectivity index is 1.70. The van der Waals surface area contributed by atoms with Crippen LogP contribution < -0.4 is 21.5 Å². The van der Waals surface area contributed by atoms with Gasteiger partial charge in [-0.1, -0.05) is 0 Å². The number of carbonyl (C=O) groups is 5. The Morgan fingerprint density at radius 3 is 2.37 bits per heavy atom. The number of hydrogen-bond acceptors (Lipinski definition) is 11. The Bertz CT molecular complexity index is 1390. The topological polar surface area (TPSA) is 202 Å². The first-order valence-electron chi connectivity index (χ1n) is 13.0. The van der Waals surface area contributed by atoms with Crippen LogP contribution in [0.15, 0.2) is 0 Å². The van der Waals surface area contributed by atoms with Gasteiger partial charge in [0.25, 0.3) is 0 Å². The Labute approximate surface area is 231 Å². The van der Waals surface area contributed by atoms with Gasteiger partial charge in [0.1, 0.15) is 11.5 Å². The molecule has 15 heteroatoms. The molecule has 7 unspecified atom stereocenters. The maximum Gasteiger partial charge on any atom is 0.573 e. The fraction of sp³-hybridized carbons (Fsp3) is 0.577. The molecule has 1 aliphatic heterocycles. The number of ether oxygens (including phenoxy) is 1. The lowest BCUT2D eigenvalue weighted by Crippen LogP contribution is -2.74. The van der Waals surface area contributed by atoms with Crippen LogP contribution in [0.2, 0.25) is 0 Å². The second kappa shape index (κ2) is 9.49. The fourth-order valence-corrected chi connectivity index (χ4v) is 7.26. The van der Waals surface area contributed by atoms with E-state index in [1.54, 1.807) is 0 Å². The highest BCUT2D eigenvalue weighted by Gasteiger charge is 2.69. The number of halogens is 3. The summed E-state index contributed by atoms with van der Waals surface area (Å²) >= 11 is 0. The minimum Gasteiger partial charge on any atom is -0.505 e. The van der Waals surface area contributed by atoms with Gasteiger partial charge in [0.15, 0.2) is 34.7 Å². The average molecular weight is 583 g/mol. The molecule has 0 aromatic heterocycles. The van der Waals surface area contributed by atoms with E-state index in [0.717, 1.165) is 0 Å². The fourth-order valence-electron chi connectivity index (χ4n) is 7.26. The van der Waals surface area contributed by atoms with E-state index < -0.39 is 106 Å². The first kappa shape index (κ1) is 29.0. The predicted octanol–water partition coefficient (Wildman–Crippen LogP) is -0.228. The number of aromatic hydroxyl groups is 1. The van der Waals surface area contributed by atoms with Crippen molar-refractivity contribution in [3.63, 3.8) is 0 Å². The Morgan fingerprint density at radius 1 is 1.17 bits per heavy atom. The van der Waals surface area contributed by atoms with Crippen LogP contribution in [0, 0.1) is 23.7 Å². The number of nitrogens with one attached hydrogen (secondary N) is 1. The number of nitrogens with zero attached hydrogens (tertiary/aromatic N) is 1. The van der Waals surface area contributed by atoms with Crippen LogP contribution in [0.1, 0.15) is 46.8 Å².